The molecule has 0 N–H and O–H groups in total. The molecule has 1 saturated heterocycles. The number of carbonyl (C=O) groups excluding carboxylic acids is 1. The van der Waals surface area contributed by atoms with Crippen LogP contribution in [0.15, 0.2) is 24.3 Å². The van der Waals surface area contributed by atoms with E-state index in [1.54, 1.807) is 0 Å². The van der Waals surface area contributed by atoms with Crippen molar-refractivity contribution in [2.75, 3.05) is 26.2 Å². The lowest BCUT2D eigenvalue weighted by Gasteiger charge is -2.34. The lowest BCUT2D eigenvalue weighted by atomic mass is 10.1. The maximum absolute atomic E-state index is 12.7. The number of benzene rings is 1. The molecule has 0 aliphatic carbocycles. The fourth-order valence-corrected chi connectivity index (χ4v) is 4.04. The fourth-order valence-electron chi connectivity index (χ4n) is 4.04. The Kier molecular flexibility index (Phi) is 5.53. The molecule has 1 fully saturated rings. The van der Waals surface area contributed by atoms with Gasteiger partial charge in [0.25, 0.3) is 5.91 Å². The number of aromatic nitrogens is 3. The van der Waals surface area contributed by atoms with Gasteiger partial charge in [-0.05, 0) is 37.0 Å². The maximum atomic E-state index is 12.7. The van der Waals surface area contributed by atoms with Gasteiger partial charge in [0.2, 0.25) is 0 Å². The summed E-state index contributed by atoms with van der Waals surface area (Å²) in [5.74, 6) is 2.38. The second-order valence-electron chi connectivity index (χ2n) is 7.61. The number of nitrogens with zero attached hydrogens (tertiary/aromatic N) is 5. The highest BCUT2D eigenvalue weighted by molar-refractivity contribution is 5.94. The number of carbonyl (C=O) groups is 1. The fraction of sp³-hybridized carbons (Fsp3) is 0.571. The van der Waals surface area contributed by atoms with Gasteiger partial charge in [0, 0.05) is 44.7 Å². The van der Waals surface area contributed by atoms with Gasteiger partial charge in [-0.1, -0.05) is 25.5 Å². The predicted octanol–water partition coefficient (Wildman–Crippen LogP) is 2.52. The summed E-state index contributed by atoms with van der Waals surface area (Å²) in [6.07, 6.45) is 5.77. The topological polar surface area (TPSA) is 54.3 Å². The van der Waals surface area contributed by atoms with E-state index in [2.05, 4.69) is 38.7 Å². The number of hydrogen-bond donors (Lipinski definition) is 0. The first-order valence-electron chi connectivity index (χ1n) is 10.3. The zero-order valence-electron chi connectivity index (χ0n) is 16.2. The molecule has 1 aromatic carbocycles. The maximum Gasteiger partial charge on any atom is 0.253 e. The number of amides is 1. The molecule has 3 heterocycles. The van der Waals surface area contributed by atoms with Crippen LogP contribution in [0.1, 0.15) is 53.8 Å². The Balaban J connectivity index is 1.33. The number of aryl methyl sites for hydroxylation is 2. The molecule has 2 aliphatic rings. The molecule has 1 aromatic heterocycles. The average Bonchev–Trinajstić information content (AvgIpc) is 2.94. The second-order valence-corrected chi connectivity index (χ2v) is 7.61. The first-order chi connectivity index (χ1) is 13.2. The Bertz CT molecular complexity index is 774. The number of fused-ring (bicyclic) bond motifs is 1. The molecular formula is C21H29N5O. The third-order valence-corrected chi connectivity index (χ3v) is 5.82. The van der Waals surface area contributed by atoms with Crippen molar-refractivity contribution >= 4 is 5.91 Å². The van der Waals surface area contributed by atoms with Gasteiger partial charge in [0.1, 0.15) is 11.6 Å². The van der Waals surface area contributed by atoms with E-state index in [0.29, 0.717) is 0 Å². The monoisotopic (exact) mass is 367 g/mol. The third-order valence-electron chi connectivity index (χ3n) is 5.82. The van der Waals surface area contributed by atoms with Gasteiger partial charge in [0.05, 0.1) is 6.54 Å². The lowest BCUT2D eigenvalue weighted by Crippen LogP contribution is -2.48. The van der Waals surface area contributed by atoms with Gasteiger partial charge >= 0.3 is 0 Å². The van der Waals surface area contributed by atoms with Crippen molar-refractivity contribution in [3.05, 3.63) is 47.0 Å². The van der Waals surface area contributed by atoms with Gasteiger partial charge in [-0.25, -0.2) is 0 Å². The third kappa shape index (κ3) is 4.05. The van der Waals surface area contributed by atoms with Crippen LogP contribution >= 0.6 is 0 Å². The molecule has 6 heteroatoms. The Labute approximate surface area is 161 Å². The van der Waals surface area contributed by atoms with E-state index in [9.17, 15) is 4.79 Å². The summed E-state index contributed by atoms with van der Waals surface area (Å²) in [7, 11) is 0. The van der Waals surface area contributed by atoms with Gasteiger partial charge < -0.3 is 9.47 Å². The first-order valence-corrected chi connectivity index (χ1v) is 10.3. The Hall–Kier alpha value is -2.21. The summed E-state index contributed by atoms with van der Waals surface area (Å²) >= 11 is 0. The molecule has 0 radical (unpaired) electrons. The van der Waals surface area contributed by atoms with Crippen LogP contribution in [0.4, 0.5) is 0 Å². The Morgan fingerprint density at radius 2 is 1.74 bits per heavy atom. The van der Waals surface area contributed by atoms with Crippen molar-refractivity contribution in [1.29, 1.82) is 0 Å². The minimum Gasteiger partial charge on any atom is -0.336 e. The summed E-state index contributed by atoms with van der Waals surface area (Å²) in [5.41, 5.74) is 2.06. The van der Waals surface area contributed by atoms with Crippen LogP contribution in [0.5, 0.6) is 0 Å². The highest BCUT2D eigenvalue weighted by Crippen LogP contribution is 2.17. The minimum atomic E-state index is 0.147. The van der Waals surface area contributed by atoms with Crippen LogP contribution in [0.2, 0.25) is 0 Å². The summed E-state index contributed by atoms with van der Waals surface area (Å²) in [6, 6.07) is 8.03. The zero-order chi connectivity index (χ0) is 18.6. The molecule has 0 unspecified atom stereocenters. The van der Waals surface area contributed by atoms with E-state index in [1.165, 1.54) is 24.8 Å². The number of hydrogen-bond acceptors (Lipinski definition) is 4. The lowest BCUT2D eigenvalue weighted by molar-refractivity contribution is 0.0624. The quantitative estimate of drug-likeness (QED) is 0.833. The minimum absolute atomic E-state index is 0.147. The SMILES string of the molecule is CCc1ccc(C(=O)N2CCN(Cc3nnc4n3CCCCC4)CC2)cc1. The van der Waals surface area contributed by atoms with E-state index >= 15 is 0 Å². The van der Waals surface area contributed by atoms with Crippen LogP contribution in [-0.2, 0) is 25.9 Å². The van der Waals surface area contributed by atoms with Gasteiger partial charge in [-0.2, -0.15) is 0 Å². The van der Waals surface area contributed by atoms with E-state index in [1.807, 2.05) is 17.0 Å². The highest BCUT2D eigenvalue weighted by Gasteiger charge is 2.24. The van der Waals surface area contributed by atoms with Gasteiger partial charge in [-0.3, -0.25) is 9.69 Å². The molecule has 2 aromatic rings. The normalized spacial score (nSPS) is 18.2. The molecule has 0 spiro atoms. The van der Waals surface area contributed by atoms with Crippen LogP contribution in [0.25, 0.3) is 0 Å². The first kappa shape index (κ1) is 18.2. The summed E-state index contributed by atoms with van der Waals surface area (Å²) in [6.45, 7) is 7.33. The molecular weight excluding hydrogens is 338 g/mol. The number of rotatable bonds is 4. The molecule has 0 saturated carbocycles. The molecule has 144 valence electrons. The largest absolute Gasteiger partial charge is 0.336 e. The Morgan fingerprint density at radius 1 is 0.963 bits per heavy atom. The van der Waals surface area contributed by atoms with Crippen molar-refractivity contribution < 1.29 is 4.79 Å². The van der Waals surface area contributed by atoms with Crippen molar-refractivity contribution in [3.8, 4) is 0 Å². The standard InChI is InChI=1S/C21H29N5O/c1-2-17-7-9-18(10-8-17)21(27)25-14-12-24(13-15-25)16-20-23-22-19-6-4-3-5-11-26(19)20/h7-10H,2-6,11-16H2,1H3. The van der Waals surface area contributed by atoms with Crippen molar-refractivity contribution in [2.24, 2.45) is 0 Å². The molecule has 27 heavy (non-hydrogen) atoms. The smallest absolute Gasteiger partial charge is 0.253 e. The zero-order valence-corrected chi connectivity index (χ0v) is 16.2. The molecule has 0 bridgehead atoms. The molecule has 0 atom stereocenters. The van der Waals surface area contributed by atoms with E-state index in [0.717, 1.165) is 69.3 Å². The summed E-state index contributed by atoms with van der Waals surface area (Å²) in [5, 5.41) is 8.84. The highest BCUT2D eigenvalue weighted by atomic mass is 16.2. The Morgan fingerprint density at radius 3 is 2.48 bits per heavy atom. The predicted molar refractivity (Wildman–Crippen MR) is 105 cm³/mol. The van der Waals surface area contributed by atoms with Crippen molar-refractivity contribution in [2.45, 2.75) is 52.1 Å². The molecule has 4 rings (SSSR count). The van der Waals surface area contributed by atoms with E-state index in [4.69, 9.17) is 0 Å². The molecule has 6 nitrogen and oxygen atoms in total. The van der Waals surface area contributed by atoms with Crippen LogP contribution < -0.4 is 0 Å². The van der Waals surface area contributed by atoms with Crippen molar-refractivity contribution in [1.82, 2.24) is 24.6 Å². The number of piperazine rings is 1. The van der Waals surface area contributed by atoms with Crippen molar-refractivity contribution in [3.63, 3.8) is 0 Å². The van der Waals surface area contributed by atoms with E-state index < -0.39 is 0 Å². The molecule has 2 aliphatic heterocycles. The average molecular weight is 367 g/mol. The van der Waals surface area contributed by atoms with Gasteiger partial charge in [0.15, 0.2) is 0 Å². The van der Waals surface area contributed by atoms with Crippen LogP contribution in [0, 0.1) is 0 Å². The van der Waals surface area contributed by atoms with Crippen LogP contribution in [0.3, 0.4) is 0 Å². The molecule has 1 amide bonds. The van der Waals surface area contributed by atoms with E-state index in [-0.39, 0.29) is 5.91 Å². The summed E-state index contributed by atoms with van der Waals surface area (Å²) in [4.78, 5) is 17.1. The summed E-state index contributed by atoms with van der Waals surface area (Å²) < 4.78 is 2.32. The van der Waals surface area contributed by atoms with Gasteiger partial charge in [-0.15, -0.1) is 10.2 Å². The second kappa shape index (κ2) is 8.21. The van der Waals surface area contributed by atoms with Crippen LogP contribution in [-0.4, -0.2) is 56.7 Å².